The van der Waals surface area contributed by atoms with Crippen LogP contribution in [0.5, 0.6) is 5.75 Å². The molecule has 0 radical (unpaired) electrons. The van der Waals surface area contributed by atoms with Crippen LogP contribution >= 0.6 is 0 Å². The fraction of sp³-hybridized carbons (Fsp3) is 0.647. The first kappa shape index (κ1) is 19.2. The number of hydrogen-bond donors (Lipinski definition) is 1. The molecule has 1 aromatic rings. The molecule has 2 rings (SSSR count). The van der Waals surface area contributed by atoms with Gasteiger partial charge in [0.05, 0.1) is 25.6 Å². The van der Waals surface area contributed by atoms with Crippen LogP contribution in [0.2, 0.25) is 0 Å². The molecule has 1 unspecified atom stereocenters. The SMILES string of the molecule is CCCS(=O)(=O)NCC(c1ccc(OCC)cc1)N1CCOCC1. The summed E-state index contributed by atoms with van der Waals surface area (Å²) < 4.78 is 37.7. The summed E-state index contributed by atoms with van der Waals surface area (Å²) in [5, 5.41) is 0. The van der Waals surface area contributed by atoms with Gasteiger partial charge in [0.15, 0.2) is 0 Å². The molecule has 1 aliphatic heterocycles. The minimum atomic E-state index is -3.22. The third-order valence-electron chi connectivity index (χ3n) is 4.03. The van der Waals surface area contributed by atoms with E-state index in [9.17, 15) is 8.42 Å². The van der Waals surface area contributed by atoms with Crippen LogP contribution in [0.3, 0.4) is 0 Å². The minimum absolute atomic E-state index is 0.00351. The van der Waals surface area contributed by atoms with Gasteiger partial charge in [-0.1, -0.05) is 19.1 Å². The van der Waals surface area contributed by atoms with Crippen LogP contribution in [0.15, 0.2) is 24.3 Å². The van der Waals surface area contributed by atoms with Gasteiger partial charge in [0.1, 0.15) is 5.75 Å². The van der Waals surface area contributed by atoms with Crippen molar-refractivity contribution in [1.82, 2.24) is 9.62 Å². The van der Waals surface area contributed by atoms with E-state index in [1.165, 1.54) is 0 Å². The minimum Gasteiger partial charge on any atom is -0.494 e. The highest BCUT2D eigenvalue weighted by molar-refractivity contribution is 7.89. The van der Waals surface area contributed by atoms with Gasteiger partial charge in [-0.25, -0.2) is 13.1 Å². The van der Waals surface area contributed by atoms with Crippen molar-refractivity contribution >= 4 is 10.0 Å². The van der Waals surface area contributed by atoms with Crippen LogP contribution in [0.1, 0.15) is 31.9 Å². The second-order valence-corrected chi connectivity index (χ2v) is 7.76. The maximum absolute atomic E-state index is 12.0. The number of benzene rings is 1. The van der Waals surface area contributed by atoms with Crippen molar-refractivity contribution in [2.75, 3.05) is 45.2 Å². The molecule has 24 heavy (non-hydrogen) atoms. The molecule has 0 aromatic heterocycles. The van der Waals surface area contributed by atoms with Crippen LogP contribution in [0.4, 0.5) is 0 Å². The van der Waals surface area contributed by atoms with E-state index in [1.807, 2.05) is 38.1 Å². The van der Waals surface area contributed by atoms with Gasteiger partial charge in [-0.05, 0) is 31.0 Å². The molecule has 0 saturated carbocycles. The topological polar surface area (TPSA) is 67.9 Å². The van der Waals surface area contributed by atoms with Crippen molar-refractivity contribution < 1.29 is 17.9 Å². The second kappa shape index (κ2) is 9.36. The van der Waals surface area contributed by atoms with Crippen molar-refractivity contribution in [3.63, 3.8) is 0 Å². The summed E-state index contributed by atoms with van der Waals surface area (Å²) in [6.07, 6.45) is 0.612. The van der Waals surface area contributed by atoms with E-state index in [1.54, 1.807) is 0 Å². The molecule has 1 fully saturated rings. The highest BCUT2D eigenvalue weighted by atomic mass is 32.2. The maximum atomic E-state index is 12.0. The van der Waals surface area contributed by atoms with Gasteiger partial charge >= 0.3 is 0 Å². The average Bonchev–Trinajstić information content (AvgIpc) is 2.57. The Bertz CT molecular complexity index is 583. The monoisotopic (exact) mass is 356 g/mol. The van der Waals surface area contributed by atoms with Crippen LogP contribution < -0.4 is 9.46 Å². The molecule has 1 atom stereocenters. The van der Waals surface area contributed by atoms with Gasteiger partial charge in [-0.15, -0.1) is 0 Å². The molecule has 0 aliphatic carbocycles. The van der Waals surface area contributed by atoms with Gasteiger partial charge in [0.25, 0.3) is 0 Å². The number of hydrogen-bond acceptors (Lipinski definition) is 5. The Hall–Kier alpha value is -1.15. The predicted octanol–water partition coefficient (Wildman–Crippen LogP) is 1.79. The van der Waals surface area contributed by atoms with Crippen LogP contribution in [0, 0.1) is 0 Å². The number of morpholine rings is 1. The first-order chi connectivity index (χ1) is 11.6. The molecule has 1 aliphatic rings. The largest absolute Gasteiger partial charge is 0.494 e. The fourth-order valence-electron chi connectivity index (χ4n) is 2.85. The van der Waals surface area contributed by atoms with E-state index in [0.717, 1.165) is 24.4 Å². The summed E-state index contributed by atoms with van der Waals surface area (Å²) in [7, 11) is -3.22. The van der Waals surface area contributed by atoms with Crippen molar-refractivity contribution in [2.24, 2.45) is 0 Å². The highest BCUT2D eigenvalue weighted by Gasteiger charge is 2.24. The molecular weight excluding hydrogens is 328 g/mol. The predicted molar refractivity (Wildman–Crippen MR) is 94.8 cm³/mol. The molecule has 1 N–H and O–H groups in total. The second-order valence-electron chi connectivity index (χ2n) is 5.83. The van der Waals surface area contributed by atoms with E-state index in [-0.39, 0.29) is 11.8 Å². The Morgan fingerprint density at radius 1 is 1.21 bits per heavy atom. The molecule has 0 amide bonds. The summed E-state index contributed by atoms with van der Waals surface area (Å²) in [5.41, 5.74) is 1.08. The lowest BCUT2D eigenvalue weighted by molar-refractivity contribution is 0.0172. The molecular formula is C17H28N2O4S. The number of sulfonamides is 1. The van der Waals surface area contributed by atoms with Gasteiger partial charge in [-0.3, -0.25) is 4.90 Å². The van der Waals surface area contributed by atoms with Crippen LogP contribution in [-0.2, 0) is 14.8 Å². The lowest BCUT2D eigenvalue weighted by Crippen LogP contribution is -2.44. The molecule has 1 aromatic carbocycles. The smallest absolute Gasteiger partial charge is 0.211 e. The summed E-state index contributed by atoms with van der Waals surface area (Å²) in [6, 6.07) is 7.90. The zero-order chi connectivity index (χ0) is 17.4. The van der Waals surface area contributed by atoms with Crippen molar-refractivity contribution in [2.45, 2.75) is 26.3 Å². The van der Waals surface area contributed by atoms with Gasteiger partial charge in [0.2, 0.25) is 10.0 Å². The Balaban J connectivity index is 2.12. The van der Waals surface area contributed by atoms with E-state index >= 15 is 0 Å². The van der Waals surface area contributed by atoms with Crippen LogP contribution in [-0.4, -0.2) is 58.5 Å². The first-order valence-corrected chi connectivity index (χ1v) is 10.2. The Morgan fingerprint density at radius 3 is 2.46 bits per heavy atom. The summed E-state index contributed by atoms with van der Waals surface area (Å²) in [5.74, 6) is 0.986. The molecule has 0 spiro atoms. The van der Waals surface area contributed by atoms with E-state index < -0.39 is 10.0 Å². The summed E-state index contributed by atoms with van der Waals surface area (Å²) in [6.45, 7) is 7.77. The van der Waals surface area contributed by atoms with Crippen LogP contribution in [0.25, 0.3) is 0 Å². The third-order valence-corrected chi connectivity index (χ3v) is 5.58. The molecule has 7 heteroatoms. The van der Waals surface area contributed by atoms with Crippen molar-refractivity contribution in [3.05, 3.63) is 29.8 Å². The maximum Gasteiger partial charge on any atom is 0.211 e. The fourth-order valence-corrected chi connectivity index (χ4v) is 3.94. The number of rotatable bonds is 9. The van der Waals surface area contributed by atoms with Gasteiger partial charge in [0, 0.05) is 25.7 Å². The van der Waals surface area contributed by atoms with Crippen molar-refractivity contribution in [3.8, 4) is 5.75 Å². The van der Waals surface area contributed by atoms with Crippen molar-refractivity contribution in [1.29, 1.82) is 0 Å². The zero-order valence-electron chi connectivity index (χ0n) is 14.5. The van der Waals surface area contributed by atoms with E-state index in [0.29, 0.717) is 32.8 Å². The quantitative estimate of drug-likeness (QED) is 0.731. The summed E-state index contributed by atoms with van der Waals surface area (Å²) in [4.78, 5) is 2.27. The lowest BCUT2D eigenvalue weighted by Gasteiger charge is -2.35. The Labute approximate surface area is 145 Å². The standard InChI is InChI=1S/C17H28N2O4S/c1-3-13-24(20,21)18-14-17(19-9-11-22-12-10-19)15-5-7-16(8-6-15)23-4-2/h5-8,17-18H,3-4,9-14H2,1-2H3. The number of nitrogens with one attached hydrogen (secondary N) is 1. The lowest BCUT2D eigenvalue weighted by atomic mass is 10.0. The normalized spacial score (nSPS) is 17.6. The number of ether oxygens (including phenoxy) is 2. The Kier molecular flexibility index (Phi) is 7.48. The first-order valence-electron chi connectivity index (χ1n) is 8.57. The molecule has 0 bridgehead atoms. The average molecular weight is 356 g/mol. The molecule has 6 nitrogen and oxygen atoms in total. The van der Waals surface area contributed by atoms with Gasteiger partial charge < -0.3 is 9.47 Å². The molecule has 1 saturated heterocycles. The molecule has 1 heterocycles. The zero-order valence-corrected chi connectivity index (χ0v) is 15.3. The summed E-state index contributed by atoms with van der Waals surface area (Å²) >= 11 is 0. The van der Waals surface area contributed by atoms with E-state index in [4.69, 9.17) is 9.47 Å². The molecule has 136 valence electrons. The van der Waals surface area contributed by atoms with E-state index in [2.05, 4.69) is 9.62 Å². The number of nitrogens with zero attached hydrogens (tertiary/aromatic N) is 1. The third kappa shape index (κ3) is 5.73. The van der Waals surface area contributed by atoms with Gasteiger partial charge in [-0.2, -0.15) is 0 Å². The Morgan fingerprint density at radius 2 is 1.88 bits per heavy atom. The highest BCUT2D eigenvalue weighted by Crippen LogP contribution is 2.24.